The van der Waals surface area contributed by atoms with E-state index >= 15 is 4.39 Å². The number of methoxy groups -OCH3 is 1. The summed E-state index contributed by atoms with van der Waals surface area (Å²) in [6, 6.07) is 2.14. The normalized spacial score (nSPS) is 21.0. The molecule has 3 aromatic rings. The number of hydrogen-bond acceptors (Lipinski definition) is 7. The molecule has 2 aliphatic rings. The molecule has 32 heavy (non-hydrogen) atoms. The molecule has 0 aromatic carbocycles. The third-order valence-electron chi connectivity index (χ3n) is 5.87. The van der Waals surface area contributed by atoms with E-state index in [-0.39, 0.29) is 23.0 Å². The zero-order valence-corrected chi connectivity index (χ0v) is 17.4. The topological polar surface area (TPSA) is 119 Å². The first-order valence-corrected chi connectivity index (χ1v) is 10.5. The summed E-state index contributed by atoms with van der Waals surface area (Å²) in [6.07, 6.45) is 2.65. The number of pyridine rings is 1. The molecule has 1 saturated heterocycles. The van der Waals surface area contributed by atoms with Crippen LogP contribution >= 0.6 is 0 Å². The molecule has 2 fully saturated rings. The van der Waals surface area contributed by atoms with Crippen molar-refractivity contribution in [3.63, 3.8) is 0 Å². The number of carbonyl (C=O) groups is 1. The number of nitrogens with zero attached hydrogens (tertiary/aromatic N) is 4. The summed E-state index contributed by atoms with van der Waals surface area (Å²) < 4.78 is 36.4. The van der Waals surface area contributed by atoms with Gasteiger partial charge in [-0.15, -0.1) is 0 Å². The molecule has 1 saturated carbocycles. The standard InChI is InChI=1S/C21H23F2N7O2/c1-32-16-7-17-26-9-15(30(17)29-18(16)10-2-3-10)19-13(23)6-11(20(24)31)21(28-19)27-14-8-25-5-4-12(14)22/h6-7,9-10,12,14,25H,2-5,8H2,1H3,(H2,24,31)(H,27,28). The van der Waals surface area contributed by atoms with Crippen LogP contribution in [-0.4, -0.2) is 57.9 Å². The van der Waals surface area contributed by atoms with Gasteiger partial charge in [0.05, 0.1) is 24.9 Å². The van der Waals surface area contributed by atoms with Gasteiger partial charge in [-0.25, -0.2) is 23.3 Å². The predicted molar refractivity (Wildman–Crippen MR) is 113 cm³/mol. The first-order valence-electron chi connectivity index (χ1n) is 10.5. The number of amides is 1. The number of hydrogen-bond donors (Lipinski definition) is 3. The summed E-state index contributed by atoms with van der Waals surface area (Å²) in [5.74, 6) is -0.666. The van der Waals surface area contributed by atoms with Gasteiger partial charge in [-0.1, -0.05) is 0 Å². The number of anilines is 1. The van der Waals surface area contributed by atoms with Gasteiger partial charge in [0.15, 0.2) is 11.5 Å². The van der Waals surface area contributed by atoms with Gasteiger partial charge in [-0.05, 0) is 31.9 Å². The fourth-order valence-corrected chi connectivity index (χ4v) is 3.99. The summed E-state index contributed by atoms with van der Waals surface area (Å²) in [5.41, 5.74) is 6.77. The minimum atomic E-state index is -1.14. The number of imidazole rings is 1. The lowest BCUT2D eigenvalue weighted by atomic mass is 10.0. The third kappa shape index (κ3) is 3.62. The first-order chi connectivity index (χ1) is 15.5. The van der Waals surface area contributed by atoms with E-state index in [9.17, 15) is 9.18 Å². The SMILES string of the molecule is COc1cc2ncc(-c3nc(NC4CNCCC4F)c(C(N)=O)cc3F)n2nc1C1CC1. The van der Waals surface area contributed by atoms with Crippen molar-refractivity contribution in [2.75, 3.05) is 25.5 Å². The molecule has 4 N–H and O–H groups in total. The van der Waals surface area contributed by atoms with E-state index in [0.29, 0.717) is 36.6 Å². The maximum absolute atomic E-state index is 15.1. The van der Waals surface area contributed by atoms with Crippen LogP contribution in [-0.2, 0) is 0 Å². The highest BCUT2D eigenvalue weighted by atomic mass is 19.1. The predicted octanol–water partition coefficient (Wildman–Crippen LogP) is 2.03. The first kappa shape index (κ1) is 20.6. The summed E-state index contributed by atoms with van der Waals surface area (Å²) >= 11 is 0. The number of fused-ring (bicyclic) bond motifs is 1. The van der Waals surface area contributed by atoms with Crippen molar-refractivity contribution in [3.8, 4) is 17.1 Å². The minimum Gasteiger partial charge on any atom is -0.495 e. The second-order valence-electron chi connectivity index (χ2n) is 8.12. The molecule has 2 unspecified atom stereocenters. The van der Waals surface area contributed by atoms with E-state index in [4.69, 9.17) is 10.5 Å². The number of ether oxygens (including phenoxy) is 1. The van der Waals surface area contributed by atoms with Crippen LogP contribution in [0.2, 0.25) is 0 Å². The smallest absolute Gasteiger partial charge is 0.252 e. The molecule has 0 spiro atoms. The number of alkyl halides is 1. The van der Waals surface area contributed by atoms with Crippen LogP contribution < -0.4 is 21.1 Å². The molecule has 11 heteroatoms. The highest BCUT2D eigenvalue weighted by Crippen LogP contribution is 2.43. The molecule has 3 aromatic heterocycles. The monoisotopic (exact) mass is 443 g/mol. The van der Waals surface area contributed by atoms with Crippen LogP contribution in [0.25, 0.3) is 17.0 Å². The van der Waals surface area contributed by atoms with Gasteiger partial charge in [0.25, 0.3) is 5.91 Å². The van der Waals surface area contributed by atoms with Crippen LogP contribution in [0.15, 0.2) is 18.3 Å². The highest BCUT2D eigenvalue weighted by Gasteiger charge is 2.31. The van der Waals surface area contributed by atoms with Crippen molar-refractivity contribution in [1.29, 1.82) is 0 Å². The highest BCUT2D eigenvalue weighted by molar-refractivity contribution is 5.98. The lowest BCUT2D eigenvalue weighted by Gasteiger charge is -2.28. The quantitative estimate of drug-likeness (QED) is 0.533. The minimum absolute atomic E-state index is 0.0242. The third-order valence-corrected chi connectivity index (χ3v) is 5.87. The van der Waals surface area contributed by atoms with Gasteiger partial charge < -0.3 is 21.1 Å². The Balaban J connectivity index is 1.61. The lowest BCUT2D eigenvalue weighted by Crippen LogP contribution is -2.46. The van der Waals surface area contributed by atoms with E-state index in [1.807, 2.05) is 0 Å². The second-order valence-corrected chi connectivity index (χ2v) is 8.12. The average Bonchev–Trinajstić information content (AvgIpc) is 3.55. The Kier molecular flexibility index (Phi) is 5.12. The van der Waals surface area contributed by atoms with E-state index in [1.165, 1.54) is 10.7 Å². The van der Waals surface area contributed by atoms with E-state index in [2.05, 4.69) is 25.7 Å². The molecule has 5 rings (SSSR count). The number of aromatic nitrogens is 4. The van der Waals surface area contributed by atoms with E-state index in [0.717, 1.165) is 24.6 Å². The molecular formula is C21H23F2N7O2. The fourth-order valence-electron chi connectivity index (χ4n) is 3.99. The fraction of sp³-hybridized carbons (Fsp3) is 0.429. The Morgan fingerprint density at radius 3 is 2.84 bits per heavy atom. The van der Waals surface area contributed by atoms with Crippen molar-refractivity contribution < 1.29 is 18.3 Å². The van der Waals surface area contributed by atoms with Crippen LogP contribution in [0.3, 0.4) is 0 Å². The lowest BCUT2D eigenvalue weighted by molar-refractivity contribution is 0.1000. The Bertz CT molecular complexity index is 1190. The van der Waals surface area contributed by atoms with Crippen molar-refractivity contribution in [2.45, 2.75) is 37.4 Å². The number of piperidine rings is 1. The summed E-state index contributed by atoms with van der Waals surface area (Å²) in [7, 11) is 1.57. The molecule has 9 nitrogen and oxygen atoms in total. The molecule has 2 atom stereocenters. The molecule has 168 valence electrons. The molecular weight excluding hydrogens is 420 g/mol. The van der Waals surface area contributed by atoms with E-state index < -0.39 is 23.9 Å². The number of rotatable bonds is 6. The number of nitrogens with one attached hydrogen (secondary N) is 2. The van der Waals surface area contributed by atoms with Gasteiger partial charge in [-0.2, -0.15) is 5.10 Å². The zero-order chi connectivity index (χ0) is 22.4. The zero-order valence-electron chi connectivity index (χ0n) is 17.4. The molecule has 1 amide bonds. The largest absolute Gasteiger partial charge is 0.495 e. The van der Waals surface area contributed by atoms with Crippen molar-refractivity contribution in [3.05, 3.63) is 35.4 Å². The van der Waals surface area contributed by atoms with Crippen LogP contribution in [0.4, 0.5) is 14.6 Å². The van der Waals surface area contributed by atoms with E-state index in [1.54, 1.807) is 13.2 Å². The molecule has 0 radical (unpaired) electrons. The average molecular weight is 443 g/mol. The Morgan fingerprint density at radius 2 is 2.16 bits per heavy atom. The van der Waals surface area contributed by atoms with Crippen molar-refractivity contribution in [1.82, 2.24) is 24.9 Å². The maximum Gasteiger partial charge on any atom is 0.252 e. The van der Waals surface area contributed by atoms with Gasteiger partial charge in [0.2, 0.25) is 0 Å². The number of nitrogens with two attached hydrogens (primary N) is 1. The van der Waals surface area contributed by atoms with Crippen LogP contribution in [0, 0.1) is 5.82 Å². The summed E-state index contributed by atoms with van der Waals surface area (Å²) in [4.78, 5) is 20.6. The van der Waals surface area contributed by atoms with Crippen molar-refractivity contribution in [2.24, 2.45) is 5.73 Å². The van der Waals surface area contributed by atoms with Gasteiger partial charge >= 0.3 is 0 Å². The molecule has 1 aliphatic carbocycles. The number of carbonyl (C=O) groups excluding carboxylic acids is 1. The molecule has 1 aliphatic heterocycles. The Hall–Kier alpha value is -3.34. The van der Waals surface area contributed by atoms with Crippen molar-refractivity contribution >= 4 is 17.4 Å². The van der Waals surface area contributed by atoms with Gasteiger partial charge in [0, 0.05) is 18.5 Å². The van der Waals surface area contributed by atoms with Gasteiger partial charge in [-0.3, -0.25) is 4.79 Å². The van der Waals surface area contributed by atoms with Crippen LogP contribution in [0.5, 0.6) is 5.75 Å². The Labute approximate surface area is 182 Å². The van der Waals surface area contributed by atoms with Gasteiger partial charge in [0.1, 0.15) is 34.8 Å². The maximum atomic E-state index is 15.1. The van der Waals surface area contributed by atoms with Crippen LogP contribution in [0.1, 0.15) is 41.2 Å². The molecule has 0 bridgehead atoms. The second kappa shape index (κ2) is 7.97. The number of primary amides is 1. The Morgan fingerprint density at radius 1 is 1.34 bits per heavy atom. The summed E-state index contributed by atoms with van der Waals surface area (Å²) in [6.45, 7) is 0.903. The number of halogens is 2. The summed E-state index contributed by atoms with van der Waals surface area (Å²) in [5, 5.41) is 10.7. The molecule has 4 heterocycles.